The molecule has 1 saturated heterocycles. The van der Waals surface area contributed by atoms with E-state index in [-0.39, 0.29) is 6.42 Å². The van der Waals surface area contributed by atoms with Crippen molar-refractivity contribution < 1.29 is 32.7 Å². The minimum Gasteiger partial charge on any atom is -0.480 e. The average Bonchev–Trinajstić information content (AvgIpc) is 2.67. The van der Waals surface area contributed by atoms with Gasteiger partial charge in [-0.3, -0.25) is 9.59 Å². The number of nitrogens with zero attached hydrogens (tertiary/aromatic N) is 1. The van der Waals surface area contributed by atoms with E-state index in [4.69, 9.17) is 0 Å². The van der Waals surface area contributed by atoms with Crippen LogP contribution in [0.3, 0.4) is 0 Å². The fourth-order valence-electron chi connectivity index (χ4n) is 4.26. The fraction of sp³-hybridized carbons (Fsp3) is 0.579. The van der Waals surface area contributed by atoms with Crippen molar-refractivity contribution in [3.05, 3.63) is 34.2 Å². The summed E-state index contributed by atoms with van der Waals surface area (Å²) in [5.74, 6) is -4.34. The van der Waals surface area contributed by atoms with Crippen molar-refractivity contribution in [3.8, 4) is 0 Å². The lowest BCUT2D eigenvalue weighted by molar-refractivity contribution is -0.172. The number of aromatic amines is 1. The highest BCUT2D eigenvalue weighted by atomic mass is 19.4. The van der Waals surface area contributed by atoms with E-state index in [2.05, 4.69) is 4.98 Å². The van der Waals surface area contributed by atoms with Gasteiger partial charge in [0, 0.05) is 12.3 Å². The summed E-state index contributed by atoms with van der Waals surface area (Å²) < 4.78 is 40.6. The molecule has 1 aromatic heterocycles. The molecule has 0 bridgehead atoms. The predicted molar refractivity (Wildman–Crippen MR) is 97.5 cm³/mol. The van der Waals surface area contributed by atoms with Crippen LogP contribution in [0.2, 0.25) is 0 Å². The fourth-order valence-corrected chi connectivity index (χ4v) is 4.26. The monoisotopic (exact) mass is 429 g/mol. The van der Waals surface area contributed by atoms with Gasteiger partial charge in [0.25, 0.3) is 0 Å². The molecule has 0 radical (unpaired) electrons. The molecule has 164 valence electrons. The molecule has 2 heterocycles. The first kappa shape index (κ1) is 21.8. The maximum atomic E-state index is 13.5. The topological polar surface area (TPSA) is 120 Å². The van der Waals surface area contributed by atoms with E-state index in [9.17, 15) is 37.5 Å². The maximum Gasteiger partial charge on any atom is 0.408 e. The minimum atomic E-state index is -4.71. The summed E-state index contributed by atoms with van der Waals surface area (Å²) in [5.41, 5.74) is -0.0555. The van der Waals surface area contributed by atoms with Gasteiger partial charge in [-0.15, -0.1) is 0 Å². The number of aromatic nitrogens is 1. The third-order valence-electron chi connectivity index (χ3n) is 5.73. The first-order valence-electron chi connectivity index (χ1n) is 9.70. The number of β-lactam (4-membered cyclic amide) rings is 1. The number of alkyl halides is 3. The van der Waals surface area contributed by atoms with Crippen molar-refractivity contribution in [2.45, 2.75) is 56.8 Å². The number of carbonyl (C=O) groups is 3. The number of carboxylic acids is 1. The van der Waals surface area contributed by atoms with Gasteiger partial charge < -0.3 is 15.4 Å². The number of hydrogen-bond donors (Lipinski definition) is 3. The molecule has 3 rings (SSSR count). The summed E-state index contributed by atoms with van der Waals surface area (Å²) in [6.07, 6.45) is -0.844. The van der Waals surface area contributed by atoms with Gasteiger partial charge in [0.15, 0.2) is 6.04 Å². The number of hydrogen-bond acceptors (Lipinski definition) is 4. The van der Waals surface area contributed by atoms with E-state index >= 15 is 0 Å². The second kappa shape index (κ2) is 8.49. The van der Waals surface area contributed by atoms with Gasteiger partial charge in [0.2, 0.25) is 11.5 Å². The molecule has 11 heteroatoms. The summed E-state index contributed by atoms with van der Waals surface area (Å²) in [5, 5.41) is 11.3. The number of urea groups is 1. The number of rotatable bonds is 5. The minimum absolute atomic E-state index is 0.116. The summed E-state index contributed by atoms with van der Waals surface area (Å²) in [7, 11) is 0. The number of likely N-dealkylation sites (tertiary alicyclic amines) is 1. The lowest BCUT2D eigenvalue weighted by atomic mass is 9.82. The van der Waals surface area contributed by atoms with Gasteiger partial charge in [-0.25, -0.2) is 14.5 Å². The second-order valence-corrected chi connectivity index (χ2v) is 7.73. The van der Waals surface area contributed by atoms with Crippen LogP contribution in [0.15, 0.2) is 23.1 Å². The van der Waals surface area contributed by atoms with Gasteiger partial charge in [0.05, 0.1) is 5.92 Å². The molecule has 2 aliphatic rings. The van der Waals surface area contributed by atoms with Gasteiger partial charge >= 0.3 is 18.2 Å². The predicted octanol–water partition coefficient (Wildman–Crippen LogP) is 2.05. The largest absolute Gasteiger partial charge is 0.480 e. The molecule has 1 saturated carbocycles. The highest BCUT2D eigenvalue weighted by Crippen LogP contribution is 2.36. The second-order valence-electron chi connectivity index (χ2n) is 7.73. The zero-order valence-electron chi connectivity index (χ0n) is 15.9. The molecule has 3 atom stereocenters. The van der Waals surface area contributed by atoms with Crippen molar-refractivity contribution in [1.82, 2.24) is 15.2 Å². The Morgan fingerprint density at radius 1 is 1.23 bits per heavy atom. The summed E-state index contributed by atoms with van der Waals surface area (Å²) in [4.78, 5) is 50.6. The normalized spacial score (nSPS) is 23.6. The van der Waals surface area contributed by atoms with Crippen molar-refractivity contribution >= 4 is 17.9 Å². The van der Waals surface area contributed by atoms with Crippen LogP contribution in [0.1, 0.15) is 37.7 Å². The highest BCUT2D eigenvalue weighted by Gasteiger charge is 2.56. The highest BCUT2D eigenvalue weighted by molar-refractivity contribution is 6.07. The number of imide groups is 1. The molecular weight excluding hydrogens is 407 g/mol. The molecule has 2 fully saturated rings. The SMILES string of the molecule is O=C(O)[C@@H]1[C@@H](Cc2cc[nH]c(=O)c2)C(=O)N1C(=O)N[C@@H](C1CCCCC1)C(F)(F)F. The van der Waals surface area contributed by atoms with Crippen molar-refractivity contribution in [2.24, 2.45) is 11.8 Å². The standard InChI is InChI=1S/C19H22F3N3O5/c20-19(21,22)15(11-4-2-1-3-5-11)24-18(30)25-14(17(28)29)12(16(25)27)8-10-6-7-23-13(26)9-10/h6-7,9,11-12,14-15H,1-5,8H2,(H,23,26)(H,24,30)(H,28,29)/t12-,14+,15+/m1/s1. The van der Waals surface area contributed by atoms with E-state index in [1.807, 2.05) is 5.32 Å². The van der Waals surface area contributed by atoms with Crippen LogP contribution in [-0.2, 0) is 16.0 Å². The molecule has 8 nitrogen and oxygen atoms in total. The van der Waals surface area contributed by atoms with E-state index in [0.717, 1.165) is 6.42 Å². The number of H-pyrrole nitrogens is 1. The Morgan fingerprint density at radius 2 is 1.90 bits per heavy atom. The Hall–Kier alpha value is -2.85. The Labute approximate surface area is 169 Å². The van der Waals surface area contributed by atoms with Gasteiger partial charge in [-0.2, -0.15) is 13.2 Å². The molecule has 1 aliphatic heterocycles. The molecule has 1 aromatic rings. The molecule has 3 amide bonds. The number of amides is 3. The lowest BCUT2D eigenvalue weighted by Gasteiger charge is -2.44. The van der Waals surface area contributed by atoms with E-state index in [1.165, 1.54) is 18.3 Å². The number of aliphatic carboxylic acids is 1. The van der Waals surface area contributed by atoms with Crippen molar-refractivity contribution in [3.63, 3.8) is 0 Å². The van der Waals surface area contributed by atoms with Crippen molar-refractivity contribution in [2.75, 3.05) is 0 Å². The third kappa shape index (κ3) is 4.49. The van der Waals surface area contributed by atoms with Gasteiger partial charge in [0.1, 0.15) is 6.04 Å². The van der Waals surface area contributed by atoms with Crippen LogP contribution in [0.5, 0.6) is 0 Å². The number of nitrogens with one attached hydrogen (secondary N) is 2. The smallest absolute Gasteiger partial charge is 0.408 e. The molecular formula is C19H22F3N3O5. The first-order chi connectivity index (χ1) is 14.1. The molecule has 0 aromatic carbocycles. The van der Waals surface area contributed by atoms with Crippen LogP contribution in [0.25, 0.3) is 0 Å². The summed E-state index contributed by atoms with van der Waals surface area (Å²) >= 11 is 0. The van der Waals surface area contributed by atoms with Crippen LogP contribution < -0.4 is 10.9 Å². The lowest BCUT2D eigenvalue weighted by Crippen LogP contribution is -2.70. The Kier molecular flexibility index (Phi) is 6.18. The van der Waals surface area contributed by atoms with Gasteiger partial charge in [-0.1, -0.05) is 19.3 Å². The van der Waals surface area contributed by atoms with Crippen LogP contribution in [0.4, 0.5) is 18.0 Å². The first-order valence-corrected chi connectivity index (χ1v) is 9.70. The molecule has 1 aliphatic carbocycles. The molecule has 0 unspecified atom stereocenters. The Morgan fingerprint density at radius 3 is 2.47 bits per heavy atom. The number of pyridine rings is 1. The van der Waals surface area contributed by atoms with Crippen LogP contribution >= 0.6 is 0 Å². The van der Waals surface area contributed by atoms with Crippen LogP contribution in [-0.4, -0.2) is 51.2 Å². The zero-order valence-corrected chi connectivity index (χ0v) is 15.9. The van der Waals surface area contributed by atoms with Crippen molar-refractivity contribution in [1.29, 1.82) is 0 Å². The van der Waals surface area contributed by atoms with E-state index in [0.29, 0.717) is 36.1 Å². The maximum absolute atomic E-state index is 13.5. The molecule has 0 spiro atoms. The number of halogens is 3. The zero-order chi connectivity index (χ0) is 22.1. The number of carbonyl (C=O) groups excluding carboxylic acids is 2. The van der Waals surface area contributed by atoms with E-state index < -0.39 is 53.6 Å². The Balaban J connectivity index is 1.74. The summed E-state index contributed by atoms with van der Waals surface area (Å²) in [6, 6.07) is -2.42. The quantitative estimate of drug-likeness (QED) is 0.619. The average molecular weight is 429 g/mol. The summed E-state index contributed by atoms with van der Waals surface area (Å²) in [6.45, 7) is 0. The Bertz CT molecular complexity index is 879. The number of carboxylic acid groups (broad SMARTS) is 1. The molecule has 3 N–H and O–H groups in total. The van der Waals surface area contributed by atoms with Crippen LogP contribution in [0, 0.1) is 11.8 Å². The molecule has 30 heavy (non-hydrogen) atoms. The van der Waals surface area contributed by atoms with Gasteiger partial charge in [-0.05, 0) is 36.8 Å². The third-order valence-corrected chi connectivity index (χ3v) is 5.73. The van der Waals surface area contributed by atoms with E-state index in [1.54, 1.807) is 0 Å².